The van der Waals surface area contributed by atoms with Crippen LogP contribution >= 0.6 is 11.6 Å². The maximum Gasteiger partial charge on any atom is 0.302 e. The Morgan fingerprint density at radius 2 is 2.11 bits per heavy atom. The highest BCUT2D eigenvalue weighted by atomic mass is 35.5. The molecule has 0 radical (unpaired) electrons. The van der Waals surface area contributed by atoms with E-state index in [0.717, 1.165) is 0 Å². The third-order valence-corrected chi connectivity index (χ3v) is 1.70. The Labute approximate surface area is 59.2 Å². The summed E-state index contributed by atoms with van der Waals surface area (Å²) in [7, 11) is -4.30. The van der Waals surface area contributed by atoms with E-state index < -0.39 is 16.0 Å². The van der Waals surface area contributed by atoms with E-state index in [2.05, 4.69) is 0 Å². The third-order valence-electron chi connectivity index (χ3n) is 0.759. The smallest absolute Gasteiger partial charge is 0.195 e. The van der Waals surface area contributed by atoms with Crippen LogP contribution in [0, 0.1) is 0 Å². The summed E-state index contributed by atoms with van der Waals surface area (Å²) in [5.74, 6) is -0.475. The fraction of sp³-hybridized carbons (Fsp3) is 1.00. The van der Waals surface area contributed by atoms with E-state index in [0.29, 0.717) is 0 Å². The van der Waals surface area contributed by atoms with Crippen molar-refractivity contribution in [1.29, 1.82) is 0 Å². The zero-order chi connectivity index (χ0) is 7.49. The molecule has 0 N–H and O–H groups in total. The fourth-order valence-corrected chi connectivity index (χ4v) is 1.18. The van der Waals surface area contributed by atoms with Gasteiger partial charge in [-0.3, -0.25) is 0 Å². The molecule has 1 atom stereocenters. The topological polar surface area (TPSA) is 34.1 Å². The molecule has 0 aliphatic heterocycles. The molecule has 5 heteroatoms. The van der Waals surface area contributed by atoms with Gasteiger partial charge in [-0.25, -0.2) is 0 Å². The lowest BCUT2D eigenvalue weighted by Gasteiger charge is -1.96. The van der Waals surface area contributed by atoms with Crippen molar-refractivity contribution in [2.75, 3.05) is 5.75 Å². The predicted molar refractivity (Wildman–Crippen MR) is 34.8 cm³/mol. The molecule has 1 unspecified atom stereocenters. The summed E-state index contributed by atoms with van der Waals surface area (Å²) >= 11 is 5.35. The first-order valence-corrected chi connectivity index (χ1v) is 4.47. The van der Waals surface area contributed by atoms with E-state index in [1.807, 2.05) is 0 Å². The van der Waals surface area contributed by atoms with Gasteiger partial charge in [-0.1, -0.05) is 0 Å². The fourth-order valence-electron chi connectivity index (χ4n) is 0.303. The standard InChI is InChI=1S/C4H8ClFO2S/c1-4(5)2-3-9(6,7)8/h4H,2-3H2,1H3. The van der Waals surface area contributed by atoms with Crippen molar-refractivity contribution in [3.05, 3.63) is 0 Å². The predicted octanol–water partition coefficient (Wildman–Crippen LogP) is 1.30. The van der Waals surface area contributed by atoms with E-state index in [4.69, 9.17) is 11.6 Å². The zero-order valence-corrected chi connectivity index (χ0v) is 6.54. The Morgan fingerprint density at radius 3 is 2.22 bits per heavy atom. The van der Waals surface area contributed by atoms with E-state index in [-0.39, 0.29) is 11.8 Å². The minimum Gasteiger partial charge on any atom is -0.195 e. The molecular formula is C4H8ClFO2S. The van der Waals surface area contributed by atoms with Crippen molar-refractivity contribution in [3.8, 4) is 0 Å². The lowest BCUT2D eigenvalue weighted by atomic mass is 10.4. The Balaban J connectivity index is 3.53. The maximum absolute atomic E-state index is 11.7. The van der Waals surface area contributed by atoms with Crippen molar-refractivity contribution in [2.45, 2.75) is 18.7 Å². The molecule has 0 saturated carbocycles. The average molecular weight is 175 g/mol. The largest absolute Gasteiger partial charge is 0.302 e. The molecule has 0 aliphatic carbocycles. The molecule has 0 aromatic heterocycles. The summed E-state index contributed by atoms with van der Waals surface area (Å²) in [6.45, 7) is 1.62. The molecule has 0 spiro atoms. The van der Waals surface area contributed by atoms with Crippen LogP contribution < -0.4 is 0 Å². The van der Waals surface area contributed by atoms with Crippen LogP contribution in [0.2, 0.25) is 0 Å². The Hall–Kier alpha value is 0.170. The number of hydrogen-bond donors (Lipinski definition) is 0. The van der Waals surface area contributed by atoms with Gasteiger partial charge in [0.1, 0.15) is 0 Å². The highest BCUT2D eigenvalue weighted by Crippen LogP contribution is 2.03. The monoisotopic (exact) mass is 174 g/mol. The van der Waals surface area contributed by atoms with E-state index in [9.17, 15) is 12.3 Å². The Kier molecular flexibility index (Phi) is 3.43. The van der Waals surface area contributed by atoms with Crippen molar-refractivity contribution in [2.24, 2.45) is 0 Å². The lowest BCUT2D eigenvalue weighted by Crippen LogP contribution is -2.03. The van der Waals surface area contributed by atoms with Crippen LogP contribution in [0.3, 0.4) is 0 Å². The molecule has 9 heavy (non-hydrogen) atoms. The van der Waals surface area contributed by atoms with Gasteiger partial charge in [0.2, 0.25) is 0 Å². The first kappa shape index (κ1) is 9.17. The second-order valence-electron chi connectivity index (χ2n) is 1.81. The van der Waals surface area contributed by atoms with Crippen molar-refractivity contribution < 1.29 is 12.3 Å². The zero-order valence-electron chi connectivity index (χ0n) is 4.97. The average Bonchev–Trinajstić information content (AvgIpc) is 1.59. The van der Waals surface area contributed by atoms with Gasteiger partial charge in [-0.2, -0.15) is 8.42 Å². The van der Waals surface area contributed by atoms with Gasteiger partial charge >= 0.3 is 10.2 Å². The van der Waals surface area contributed by atoms with Crippen LogP contribution in [0.5, 0.6) is 0 Å². The van der Waals surface area contributed by atoms with Gasteiger partial charge in [0.15, 0.2) is 0 Å². The van der Waals surface area contributed by atoms with Gasteiger partial charge in [-0.15, -0.1) is 15.5 Å². The SMILES string of the molecule is CC(Cl)CCS(=O)(=O)F. The molecule has 0 saturated heterocycles. The van der Waals surface area contributed by atoms with E-state index >= 15 is 0 Å². The molecule has 0 heterocycles. The van der Waals surface area contributed by atoms with Gasteiger partial charge in [0.25, 0.3) is 0 Å². The highest BCUT2D eigenvalue weighted by molar-refractivity contribution is 7.86. The van der Waals surface area contributed by atoms with Crippen LogP contribution in [-0.2, 0) is 10.2 Å². The summed E-state index contributed by atoms with van der Waals surface area (Å²) in [5.41, 5.74) is 0. The third kappa shape index (κ3) is 8.17. The molecule has 56 valence electrons. The molecule has 0 aliphatic rings. The molecule has 2 nitrogen and oxygen atoms in total. The van der Waals surface area contributed by atoms with Crippen LogP contribution in [0.15, 0.2) is 0 Å². The molecule has 0 bridgehead atoms. The molecule has 0 aromatic carbocycles. The van der Waals surface area contributed by atoms with Gasteiger partial charge in [-0.05, 0) is 13.3 Å². The van der Waals surface area contributed by atoms with E-state index in [1.54, 1.807) is 6.92 Å². The number of rotatable bonds is 3. The van der Waals surface area contributed by atoms with Crippen LogP contribution in [0.4, 0.5) is 3.89 Å². The second-order valence-corrected chi connectivity index (χ2v) is 4.04. The van der Waals surface area contributed by atoms with Crippen molar-refractivity contribution in [1.82, 2.24) is 0 Å². The normalized spacial score (nSPS) is 15.4. The first-order valence-electron chi connectivity index (χ1n) is 2.48. The summed E-state index contributed by atoms with van der Waals surface area (Å²) in [4.78, 5) is 0. The van der Waals surface area contributed by atoms with Gasteiger partial charge in [0.05, 0.1) is 5.75 Å². The van der Waals surface area contributed by atoms with Gasteiger partial charge < -0.3 is 0 Å². The summed E-state index contributed by atoms with van der Waals surface area (Å²) in [6.07, 6.45) is 0.167. The molecule has 0 fully saturated rings. The van der Waals surface area contributed by atoms with Crippen LogP contribution in [0.25, 0.3) is 0 Å². The van der Waals surface area contributed by atoms with Crippen molar-refractivity contribution >= 4 is 21.8 Å². The molecule has 0 rings (SSSR count). The first-order chi connectivity index (χ1) is 3.92. The number of halogens is 2. The maximum atomic E-state index is 11.7. The molecular weight excluding hydrogens is 167 g/mol. The quantitative estimate of drug-likeness (QED) is 0.478. The lowest BCUT2D eigenvalue weighted by molar-refractivity contribution is 0.549. The summed E-state index contributed by atoms with van der Waals surface area (Å²) in [6, 6.07) is 0. The minimum absolute atomic E-state index is 0.167. The van der Waals surface area contributed by atoms with Crippen LogP contribution in [-0.4, -0.2) is 19.5 Å². The molecule has 0 amide bonds. The Bertz CT molecular complexity index is 163. The minimum atomic E-state index is -4.30. The molecule has 0 aromatic rings. The van der Waals surface area contributed by atoms with Crippen LogP contribution in [0.1, 0.15) is 13.3 Å². The second kappa shape index (κ2) is 3.37. The summed E-state index contributed by atoms with van der Waals surface area (Å²) in [5, 5.41) is -0.282. The number of alkyl halides is 1. The van der Waals surface area contributed by atoms with Crippen molar-refractivity contribution in [3.63, 3.8) is 0 Å². The summed E-state index contributed by atoms with van der Waals surface area (Å²) < 4.78 is 31.3. The Morgan fingerprint density at radius 1 is 1.67 bits per heavy atom. The van der Waals surface area contributed by atoms with E-state index in [1.165, 1.54) is 0 Å². The van der Waals surface area contributed by atoms with Gasteiger partial charge in [0, 0.05) is 5.38 Å². The highest BCUT2D eigenvalue weighted by Gasteiger charge is 2.08. The number of hydrogen-bond acceptors (Lipinski definition) is 2.